The molecule has 2 aromatic rings. The Morgan fingerprint density at radius 1 is 1.45 bits per heavy atom. The van der Waals surface area contributed by atoms with Gasteiger partial charge in [-0.1, -0.05) is 12.1 Å². The summed E-state index contributed by atoms with van der Waals surface area (Å²) >= 11 is 1.97. The Balaban J connectivity index is 1.76. The van der Waals surface area contributed by atoms with E-state index in [4.69, 9.17) is 9.15 Å². The van der Waals surface area contributed by atoms with Gasteiger partial charge in [-0.3, -0.25) is 0 Å². The summed E-state index contributed by atoms with van der Waals surface area (Å²) in [5.74, 6) is 1.77. The Bertz CT molecular complexity index is 604. The summed E-state index contributed by atoms with van der Waals surface area (Å²) < 4.78 is 11.8. The van der Waals surface area contributed by atoms with Gasteiger partial charge in [-0.15, -0.1) is 0 Å². The molecule has 3 rings (SSSR count). The smallest absolute Gasteiger partial charge is 0.176 e. The number of hydrogen-bond donors (Lipinski definition) is 1. The number of furan rings is 1. The minimum Gasteiger partial charge on any atom is -0.493 e. The zero-order chi connectivity index (χ0) is 14.2. The number of methoxy groups -OCH3 is 1. The molecule has 1 atom stereocenters. The first-order chi connectivity index (χ1) is 9.67. The molecular formula is C16H21NO2S. The van der Waals surface area contributed by atoms with Gasteiger partial charge in [0.1, 0.15) is 5.76 Å². The van der Waals surface area contributed by atoms with Gasteiger partial charge >= 0.3 is 0 Å². The van der Waals surface area contributed by atoms with E-state index in [1.807, 2.05) is 23.9 Å². The summed E-state index contributed by atoms with van der Waals surface area (Å²) in [7, 11) is 1.67. The Kier molecular flexibility index (Phi) is 3.69. The minimum absolute atomic E-state index is 0.219. The number of thioether (sulfide) groups is 1. The molecule has 1 N–H and O–H groups in total. The molecule has 1 heterocycles. The highest BCUT2D eigenvalue weighted by molar-refractivity contribution is 8.00. The van der Waals surface area contributed by atoms with Gasteiger partial charge in [0.15, 0.2) is 11.3 Å². The van der Waals surface area contributed by atoms with Crippen LogP contribution in [0.3, 0.4) is 0 Å². The van der Waals surface area contributed by atoms with Crippen molar-refractivity contribution in [3.05, 3.63) is 30.0 Å². The van der Waals surface area contributed by atoms with Gasteiger partial charge in [0.25, 0.3) is 0 Å². The van der Waals surface area contributed by atoms with E-state index >= 15 is 0 Å². The Hall–Kier alpha value is -1.13. The van der Waals surface area contributed by atoms with Crippen LogP contribution in [0.2, 0.25) is 0 Å². The van der Waals surface area contributed by atoms with Crippen LogP contribution in [-0.2, 0) is 0 Å². The molecule has 0 radical (unpaired) electrons. The third-order valence-corrected chi connectivity index (χ3v) is 5.56. The molecule has 0 amide bonds. The maximum absolute atomic E-state index is 5.98. The van der Waals surface area contributed by atoms with Crippen LogP contribution in [-0.4, -0.2) is 24.7 Å². The Morgan fingerprint density at radius 3 is 2.90 bits per heavy atom. The van der Waals surface area contributed by atoms with Crippen LogP contribution >= 0.6 is 11.8 Å². The van der Waals surface area contributed by atoms with E-state index in [0.717, 1.165) is 29.0 Å². The summed E-state index contributed by atoms with van der Waals surface area (Å²) in [6, 6.07) is 8.30. The van der Waals surface area contributed by atoms with Crippen LogP contribution in [0.15, 0.2) is 28.7 Å². The zero-order valence-corrected chi connectivity index (χ0v) is 13.0. The van der Waals surface area contributed by atoms with Crippen molar-refractivity contribution in [3.8, 4) is 5.75 Å². The molecule has 1 saturated carbocycles. The highest BCUT2D eigenvalue weighted by Gasteiger charge is 2.41. The summed E-state index contributed by atoms with van der Waals surface area (Å²) in [5, 5.41) is 4.69. The molecule has 0 aliphatic heterocycles. The molecule has 108 valence electrons. The first-order valence-electron chi connectivity index (χ1n) is 7.02. The SMILES string of the molecule is COc1cccc2cc(C(C)NCC3(SC)CC3)oc12. The van der Waals surface area contributed by atoms with E-state index < -0.39 is 0 Å². The molecule has 3 nitrogen and oxygen atoms in total. The van der Waals surface area contributed by atoms with Crippen molar-refractivity contribution in [1.82, 2.24) is 5.32 Å². The highest BCUT2D eigenvalue weighted by atomic mass is 32.2. The van der Waals surface area contributed by atoms with E-state index in [9.17, 15) is 0 Å². The van der Waals surface area contributed by atoms with Crippen LogP contribution in [0.5, 0.6) is 5.75 Å². The van der Waals surface area contributed by atoms with Gasteiger partial charge in [0, 0.05) is 16.7 Å². The third-order valence-electron chi connectivity index (χ3n) is 4.14. The number of fused-ring (bicyclic) bond motifs is 1. The average molecular weight is 291 g/mol. The lowest BCUT2D eigenvalue weighted by Crippen LogP contribution is -2.28. The number of para-hydroxylation sites is 1. The van der Waals surface area contributed by atoms with Crippen LogP contribution in [0.1, 0.15) is 31.6 Å². The molecule has 1 aromatic carbocycles. The van der Waals surface area contributed by atoms with Gasteiger partial charge in [0.05, 0.1) is 13.2 Å². The number of ether oxygens (including phenoxy) is 1. The molecular weight excluding hydrogens is 270 g/mol. The molecule has 4 heteroatoms. The first kappa shape index (κ1) is 13.8. The highest BCUT2D eigenvalue weighted by Crippen LogP contribution is 2.46. The quantitative estimate of drug-likeness (QED) is 0.872. The molecule has 1 aliphatic carbocycles. The molecule has 0 bridgehead atoms. The van der Waals surface area contributed by atoms with Crippen molar-refractivity contribution in [2.24, 2.45) is 0 Å². The van der Waals surface area contributed by atoms with Crippen LogP contribution in [0.4, 0.5) is 0 Å². The largest absolute Gasteiger partial charge is 0.493 e. The predicted octanol–water partition coefficient (Wildman–Crippen LogP) is 3.99. The Labute approximate surface area is 124 Å². The average Bonchev–Trinajstić information content (AvgIpc) is 3.13. The van der Waals surface area contributed by atoms with Crippen molar-refractivity contribution in [2.75, 3.05) is 19.9 Å². The number of rotatable bonds is 6. The molecule has 1 unspecified atom stereocenters. The molecule has 20 heavy (non-hydrogen) atoms. The van der Waals surface area contributed by atoms with Crippen LogP contribution in [0, 0.1) is 0 Å². The lowest BCUT2D eigenvalue weighted by Gasteiger charge is -2.16. The van der Waals surface area contributed by atoms with Crippen molar-refractivity contribution in [1.29, 1.82) is 0 Å². The molecule has 1 aromatic heterocycles. The lowest BCUT2D eigenvalue weighted by atomic mass is 10.2. The summed E-state index contributed by atoms with van der Waals surface area (Å²) in [6.45, 7) is 3.20. The van der Waals surface area contributed by atoms with E-state index in [1.54, 1.807) is 7.11 Å². The van der Waals surface area contributed by atoms with Gasteiger partial charge < -0.3 is 14.5 Å². The molecule has 1 aliphatic rings. The topological polar surface area (TPSA) is 34.4 Å². The Morgan fingerprint density at radius 2 is 2.25 bits per heavy atom. The van der Waals surface area contributed by atoms with E-state index in [1.165, 1.54) is 12.8 Å². The van der Waals surface area contributed by atoms with Gasteiger partial charge in [-0.05, 0) is 38.2 Å². The predicted molar refractivity (Wildman–Crippen MR) is 84.7 cm³/mol. The van der Waals surface area contributed by atoms with Crippen molar-refractivity contribution >= 4 is 22.7 Å². The minimum atomic E-state index is 0.219. The fourth-order valence-corrected chi connectivity index (χ4v) is 3.20. The number of hydrogen-bond acceptors (Lipinski definition) is 4. The third kappa shape index (κ3) is 2.54. The van der Waals surface area contributed by atoms with Gasteiger partial charge in [-0.25, -0.2) is 0 Å². The maximum Gasteiger partial charge on any atom is 0.176 e. The van der Waals surface area contributed by atoms with E-state index in [-0.39, 0.29) is 6.04 Å². The van der Waals surface area contributed by atoms with Crippen LogP contribution in [0.25, 0.3) is 11.0 Å². The maximum atomic E-state index is 5.98. The van der Waals surface area contributed by atoms with Crippen LogP contribution < -0.4 is 10.1 Å². The first-order valence-corrected chi connectivity index (χ1v) is 8.25. The normalized spacial score (nSPS) is 18.1. The number of benzene rings is 1. The second-order valence-electron chi connectivity index (χ2n) is 5.52. The molecule has 1 fully saturated rings. The van der Waals surface area contributed by atoms with Crippen molar-refractivity contribution in [2.45, 2.75) is 30.6 Å². The van der Waals surface area contributed by atoms with Gasteiger partial charge in [0.2, 0.25) is 0 Å². The van der Waals surface area contributed by atoms with E-state index in [2.05, 4.69) is 30.6 Å². The second-order valence-corrected chi connectivity index (χ2v) is 6.79. The monoisotopic (exact) mass is 291 g/mol. The molecule has 0 saturated heterocycles. The van der Waals surface area contributed by atoms with Gasteiger partial charge in [-0.2, -0.15) is 11.8 Å². The number of nitrogens with one attached hydrogen (secondary N) is 1. The summed E-state index contributed by atoms with van der Waals surface area (Å²) in [4.78, 5) is 0. The fourth-order valence-electron chi connectivity index (χ4n) is 2.46. The molecule has 0 spiro atoms. The summed E-state index contributed by atoms with van der Waals surface area (Å²) in [5.41, 5.74) is 0.838. The zero-order valence-electron chi connectivity index (χ0n) is 12.2. The fraction of sp³-hybridized carbons (Fsp3) is 0.500. The standard InChI is InChI=1S/C16H21NO2S/c1-11(17-10-16(20-3)7-8-16)14-9-12-5-4-6-13(18-2)15(12)19-14/h4-6,9,11,17H,7-8,10H2,1-3H3. The summed E-state index contributed by atoms with van der Waals surface area (Å²) in [6.07, 6.45) is 4.84. The van der Waals surface area contributed by atoms with Crippen molar-refractivity contribution < 1.29 is 9.15 Å². The van der Waals surface area contributed by atoms with Crippen molar-refractivity contribution in [3.63, 3.8) is 0 Å². The lowest BCUT2D eigenvalue weighted by molar-refractivity contribution is 0.399. The second kappa shape index (κ2) is 5.34. The van der Waals surface area contributed by atoms with E-state index in [0.29, 0.717) is 4.75 Å².